The van der Waals surface area contributed by atoms with Crippen LogP contribution in [0.4, 0.5) is 5.95 Å². The molecule has 0 bridgehead atoms. The van der Waals surface area contributed by atoms with Crippen LogP contribution in [0.25, 0.3) is 11.0 Å². The molecular formula is C23H25N3O3. The van der Waals surface area contributed by atoms with Crippen molar-refractivity contribution < 1.29 is 14.3 Å². The molecule has 0 unspecified atom stereocenters. The first-order valence-electron chi connectivity index (χ1n) is 9.83. The number of anilines is 1. The average Bonchev–Trinajstić information content (AvgIpc) is 3.10. The number of methoxy groups -OCH3 is 1. The van der Waals surface area contributed by atoms with Crippen molar-refractivity contribution in [3.05, 3.63) is 70.9 Å². The SMILES string of the molecule is CCc1ccc([C@@H]2C(C(=O)OCCOC)=C(C)Nc3nc4ccccc4n32)cc1. The number of aryl methyl sites for hydroxylation is 1. The number of benzene rings is 2. The number of esters is 1. The molecule has 0 spiro atoms. The van der Waals surface area contributed by atoms with E-state index >= 15 is 0 Å². The van der Waals surface area contributed by atoms with Crippen molar-refractivity contribution in [2.75, 3.05) is 25.6 Å². The van der Waals surface area contributed by atoms with E-state index < -0.39 is 0 Å². The number of ether oxygens (including phenoxy) is 2. The van der Waals surface area contributed by atoms with E-state index in [-0.39, 0.29) is 18.6 Å². The van der Waals surface area contributed by atoms with Gasteiger partial charge in [0.15, 0.2) is 0 Å². The Hall–Kier alpha value is -3.12. The topological polar surface area (TPSA) is 65.4 Å². The van der Waals surface area contributed by atoms with Crippen molar-refractivity contribution in [2.45, 2.75) is 26.3 Å². The number of imidazole rings is 1. The van der Waals surface area contributed by atoms with E-state index in [0.29, 0.717) is 12.2 Å². The van der Waals surface area contributed by atoms with Gasteiger partial charge in [-0.25, -0.2) is 9.78 Å². The van der Waals surface area contributed by atoms with Crippen LogP contribution in [0.3, 0.4) is 0 Å². The van der Waals surface area contributed by atoms with Crippen LogP contribution in [-0.2, 0) is 20.7 Å². The molecule has 1 aliphatic rings. The number of nitrogens with one attached hydrogen (secondary N) is 1. The maximum atomic E-state index is 13.0. The number of carbonyl (C=O) groups is 1. The summed E-state index contributed by atoms with van der Waals surface area (Å²) in [5.74, 6) is 0.377. The molecule has 1 N–H and O–H groups in total. The van der Waals surface area contributed by atoms with E-state index in [0.717, 1.165) is 34.7 Å². The van der Waals surface area contributed by atoms with E-state index in [2.05, 4.69) is 41.1 Å². The lowest BCUT2D eigenvalue weighted by atomic mass is 9.94. The summed E-state index contributed by atoms with van der Waals surface area (Å²) >= 11 is 0. The number of rotatable bonds is 6. The van der Waals surface area contributed by atoms with E-state index in [1.54, 1.807) is 7.11 Å². The van der Waals surface area contributed by atoms with Gasteiger partial charge in [-0.15, -0.1) is 0 Å². The van der Waals surface area contributed by atoms with Crippen LogP contribution in [0.2, 0.25) is 0 Å². The molecule has 0 saturated heterocycles. The van der Waals surface area contributed by atoms with Crippen LogP contribution in [0.15, 0.2) is 59.8 Å². The highest BCUT2D eigenvalue weighted by molar-refractivity contribution is 5.94. The van der Waals surface area contributed by atoms with Crippen molar-refractivity contribution in [3.63, 3.8) is 0 Å². The van der Waals surface area contributed by atoms with Crippen LogP contribution in [0, 0.1) is 0 Å². The Morgan fingerprint density at radius 3 is 2.62 bits per heavy atom. The molecule has 1 atom stereocenters. The highest BCUT2D eigenvalue weighted by Crippen LogP contribution is 2.39. The van der Waals surface area contributed by atoms with Crippen LogP contribution in [0.1, 0.15) is 31.0 Å². The summed E-state index contributed by atoms with van der Waals surface area (Å²) in [4.78, 5) is 17.8. The van der Waals surface area contributed by atoms with E-state index in [9.17, 15) is 4.79 Å². The lowest BCUT2D eigenvalue weighted by Gasteiger charge is -2.30. The molecule has 0 amide bonds. The number of fused-ring (bicyclic) bond motifs is 3. The molecule has 6 heteroatoms. The predicted molar refractivity (Wildman–Crippen MR) is 113 cm³/mol. The Morgan fingerprint density at radius 1 is 1.14 bits per heavy atom. The second-order valence-electron chi connectivity index (χ2n) is 7.08. The fourth-order valence-corrected chi connectivity index (χ4v) is 3.77. The minimum Gasteiger partial charge on any atom is -0.460 e. The number of para-hydroxylation sites is 2. The first kappa shape index (κ1) is 19.2. The fraction of sp³-hybridized carbons (Fsp3) is 0.304. The lowest BCUT2D eigenvalue weighted by Crippen LogP contribution is -2.29. The van der Waals surface area contributed by atoms with Gasteiger partial charge in [0.2, 0.25) is 5.95 Å². The van der Waals surface area contributed by atoms with Crippen molar-refractivity contribution in [1.82, 2.24) is 9.55 Å². The Balaban J connectivity index is 1.85. The van der Waals surface area contributed by atoms with Gasteiger partial charge in [-0.2, -0.15) is 0 Å². The van der Waals surface area contributed by atoms with Crippen LogP contribution in [-0.4, -0.2) is 35.8 Å². The highest BCUT2D eigenvalue weighted by Gasteiger charge is 2.34. The fourth-order valence-electron chi connectivity index (χ4n) is 3.77. The lowest BCUT2D eigenvalue weighted by molar-refractivity contribution is -0.140. The third-order valence-corrected chi connectivity index (χ3v) is 5.27. The quantitative estimate of drug-likeness (QED) is 0.507. The van der Waals surface area contributed by atoms with Gasteiger partial charge >= 0.3 is 5.97 Å². The highest BCUT2D eigenvalue weighted by atomic mass is 16.6. The Labute approximate surface area is 170 Å². The third-order valence-electron chi connectivity index (χ3n) is 5.27. The summed E-state index contributed by atoms with van der Waals surface area (Å²) in [7, 11) is 1.59. The van der Waals surface area contributed by atoms with Crippen molar-refractivity contribution in [3.8, 4) is 0 Å². The molecule has 1 aliphatic heterocycles. The number of hydrogen-bond donors (Lipinski definition) is 1. The molecule has 29 heavy (non-hydrogen) atoms. The van der Waals surface area contributed by atoms with Gasteiger partial charge < -0.3 is 14.8 Å². The standard InChI is InChI=1S/C23H25N3O3/c1-4-16-9-11-17(12-10-16)21-20(22(27)29-14-13-28-3)15(2)24-23-25-18-7-5-6-8-19(18)26(21)23/h5-12,21H,4,13-14H2,1-3H3,(H,24,25)/t21-/m1/s1. The van der Waals surface area contributed by atoms with Crippen molar-refractivity contribution in [2.24, 2.45) is 0 Å². The summed E-state index contributed by atoms with van der Waals surface area (Å²) in [6, 6.07) is 16.0. The number of carbonyl (C=O) groups excluding carboxylic acids is 1. The van der Waals surface area contributed by atoms with Crippen LogP contribution >= 0.6 is 0 Å². The largest absolute Gasteiger partial charge is 0.460 e. The second kappa shape index (κ2) is 8.09. The Bertz CT molecular complexity index is 1070. The first-order chi connectivity index (χ1) is 14.1. The number of hydrogen-bond acceptors (Lipinski definition) is 5. The zero-order valence-corrected chi connectivity index (χ0v) is 16.9. The van der Waals surface area contributed by atoms with Gasteiger partial charge in [-0.3, -0.25) is 4.57 Å². The second-order valence-corrected chi connectivity index (χ2v) is 7.08. The van der Waals surface area contributed by atoms with Crippen LogP contribution < -0.4 is 5.32 Å². The predicted octanol–water partition coefficient (Wildman–Crippen LogP) is 4.08. The van der Waals surface area contributed by atoms with E-state index in [1.165, 1.54) is 5.56 Å². The maximum Gasteiger partial charge on any atom is 0.338 e. The summed E-state index contributed by atoms with van der Waals surface area (Å²) in [5, 5.41) is 3.29. The third kappa shape index (κ3) is 3.51. The van der Waals surface area contributed by atoms with Gasteiger partial charge in [-0.05, 0) is 36.6 Å². The molecule has 2 heterocycles. The van der Waals surface area contributed by atoms with Gasteiger partial charge in [0.25, 0.3) is 0 Å². The number of aromatic nitrogens is 2. The minimum atomic E-state index is -0.347. The van der Waals surface area contributed by atoms with E-state index in [4.69, 9.17) is 14.5 Å². The zero-order valence-electron chi connectivity index (χ0n) is 16.9. The molecule has 0 saturated carbocycles. The molecule has 0 fully saturated rings. The molecule has 150 valence electrons. The number of nitrogens with zero attached hydrogens (tertiary/aromatic N) is 2. The summed E-state index contributed by atoms with van der Waals surface area (Å²) in [5.41, 5.74) is 5.46. The zero-order chi connectivity index (χ0) is 20.4. The number of allylic oxidation sites excluding steroid dienone is 1. The van der Waals surface area contributed by atoms with E-state index in [1.807, 2.05) is 31.2 Å². The van der Waals surface area contributed by atoms with Crippen molar-refractivity contribution >= 4 is 23.0 Å². The molecule has 6 nitrogen and oxygen atoms in total. The van der Waals surface area contributed by atoms with Gasteiger partial charge in [0.1, 0.15) is 6.61 Å². The van der Waals surface area contributed by atoms with Crippen LogP contribution in [0.5, 0.6) is 0 Å². The average molecular weight is 391 g/mol. The molecular weight excluding hydrogens is 366 g/mol. The summed E-state index contributed by atoms with van der Waals surface area (Å²) in [6.07, 6.45) is 0.965. The molecule has 0 radical (unpaired) electrons. The Kier molecular flexibility index (Phi) is 5.36. The van der Waals surface area contributed by atoms with Gasteiger partial charge in [0, 0.05) is 12.8 Å². The van der Waals surface area contributed by atoms with Crippen molar-refractivity contribution in [1.29, 1.82) is 0 Å². The molecule has 3 aromatic rings. The van der Waals surface area contributed by atoms with Gasteiger partial charge in [0.05, 0.1) is 29.3 Å². The summed E-state index contributed by atoms with van der Waals surface area (Å²) < 4.78 is 12.6. The summed E-state index contributed by atoms with van der Waals surface area (Å²) in [6.45, 7) is 4.60. The minimum absolute atomic E-state index is 0.213. The molecule has 4 rings (SSSR count). The monoisotopic (exact) mass is 391 g/mol. The normalized spacial score (nSPS) is 15.9. The molecule has 2 aromatic carbocycles. The molecule has 0 aliphatic carbocycles. The van der Waals surface area contributed by atoms with Gasteiger partial charge in [-0.1, -0.05) is 43.3 Å². The first-order valence-corrected chi connectivity index (χ1v) is 9.83. The smallest absolute Gasteiger partial charge is 0.338 e. The molecule has 1 aromatic heterocycles. The Morgan fingerprint density at radius 2 is 1.90 bits per heavy atom. The maximum absolute atomic E-state index is 13.0.